The van der Waals surface area contributed by atoms with E-state index in [-0.39, 0.29) is 18.3 Å². The number of ketones is 1. The number of carbonyl (C=O) groups excluding carboxylic acids is 2. The molecule has 0 unspecified atom stereocenters. The maximum absolute atomic E-state index is 12.6. The molecule has 1 aromatic heterocycles. The topological polar surface area (TPSA) is 62.7 Å². The van der Waals surface area contributed by atoms with Crippen molar-refractivity contribution in [3.63, 3.8) is 0 Å². The minimum atomic E-state index is 0.0112. The number of amides is 1. The van der Waals surface area contributed by atoms with Crippen molar-refractivity contribution >= 4 is 22.6 Å². The first-order valence-electron chi connectivity index (χ1n) is 11.1. The number of para-hydroxylation sites is 1. The van der Waals surface area contributed by atoms with E-state index in [0.717, 1.165) is 42.5 Å². The van der Waals surface area contributed by atoms with Crippen molar-refractivity contribution in [3.05, 3.63) is 71.9 Å². The highest BCUT2D eigenvalue weighted by Crippen LogP contribution is 2.19. The van der Waals surface area contributed by atoms with Crippen LogP contribution in [0.2, 0.25) is 0 Å². The van der Waals surface area contributed by atoms with Crippen LogP contribution in [0.1, 0.15) is 24.5 Å². The summed E-state index contributed by atoms with van der Waals surface area (Å²) >= 11 is 0. The van der Waals surface area contributed by atoms with Crippen molar-refractivity contribution in [3.8, 4) is 5.75 Å². The van der Waals surface area contributed by atoms with Gasteiger partial charge in [-0.15, -0.1) is 0 Å². The molecular weight excluding hydrogens is 402 g/mol. The number of aryl methyl sites for hydroxylation is 1. The molecule has 0 bridgehead atoms. The molecule has 2 aromatic carbocycles. The van der Waals surface area contributed by atoms with Crippen molar-refractivity contribution in [1.82, 2.24) is 14.8 Å². The molecule has 0 saturated carbocycles. The van der Waals surface area contributed by atoms with Crippen molar-refractivity contribution < 1.29 is 14.3 Å². The SMILES string of the molecule is CC(=O)CCc1ccc(OCC(=O)N2CCN(Cc3cccc4cccnc34)CC2)cc1. The lowest BCUT2D eigenvalue weighted by molar-refractivity contribution is -0.135. The van der Waals surface area contributed by atoms with Gasteiger partial charge >= 0.3 is 0 Å². The number of fused-ring (bicyclic) bond motifs is 1. The van der Waals surface area contributed by atoms with Gasteiger partial charge in [-0.3, -0.25) is 14.7 Å². The van der Waals surface area contributed by atoms with Crippen LogP contribution in [-0.2, 0) is 22.6 Å². The minimum absolute atomic E-state index is 0.0112. The average Bonchev–Trinajstić information content (AvgIpc) is 2.82. The van der Waals surface area contributed by atoms with E-state index in [1.807, 2.05) is 41.4 Å². The highest BCUT2D eigenvalue weighted by Gasteiger charge is 2.22. The predicted molar refractivity (Wildman–Crippen MR) is 125 cm³/mol. The quantitative estimate of drug-likeness (QED) is 0.546. The number of nitrogens with zero attached hydrogens (tertiary/aromatic N) is 3. The predicted octanol–water partition coefficient (Wildman–Crippen LogP) is 3.48. The number of piperazine rings is 1. The second-order valence-electron chi connectivity index (χ2n) is 8.28. The molecule has 2 heterocycles. The zero-order chi connectivity index (χ0) is 22.3. The molecule has 0 spiro atoms. The Bertz CT molecular complexity index is 1070. The molecule has 0 atom stereocenters. The summed E-state index contributed by atoms with van der Waals surface area (Å²) in [5.74, 6) is 0.869. The zero-order valence-corrected chi connectivity index (χ0v) is 18.5. The molecule has 1 aliphatic heterocycles. The van der Waals surface area contributed by atoms with Crippen LogP contribution < -0.4 is 4.74 Å². The number of ether oxygens (including phenoxy) is 1. The Hall–Kier alpha value is -3.25. The third-order valence-electron chi connectivity index (χ3n) is 5.89. The van der Waals surface area contributed by atoms with Crippen molar-refractivity contribution in [2.45, 2.75) is 26.3 Å². The number of Topliss-reactive ketones (excluding diaryl/α,β-unsaturated/α-hetero) is 1. The van der Waals surface area contributed by atoms with Gasteiger partial charge in [0.2, 0.25) is 0 Å². The summed E-state index contributed by atoms with van der Waals surface area (Å²) in [5.41, 5.74) is 3.36. The Labute approximate surface area is 188 Å². The highest BCUT2D eigenvalue weighted by molar-refractivity contribution is 5.81. The minimum Gasteiger partial charge on any atom is -0.484 e. The smallest absolute Gasteiger partial charge is 0.260 e. The first-order valence-corrected chi connectivity index (χ1v) is 11.1. The molecule has 4 rings (SSSR count). The van der Waals surface area contributed by atoms with Crippen molar-refractivity contribution in [2.24, 2.45) is 0 Å². The van der Waals surface area contributed by atoms with E-state index in [1.54, 1.807) is 6.92 Å². The Morgan fingerprint density at radius 3 is 2.47 bits per heavy atom. The van der Waals surface area contributed by atoms with Crippen LogP contribution in [0.5, 0.6) is 5.75 Å². The van der Waals surface area contributed by atoms with Crippen LogP contribution >= 0.6 is 0 Å². The molecule has 1 fully saturated rings. The lowest BCUT2D eigenvalue weighted by Gasteiger charge is -2.34. The number of aromatic nitrogens is 1. The molecular formula is C26H29N3O3. The van der Waals surface area contributed by atoms with Crippen molar-refractivity contribution in [1.29, 1.82) is 0 Å². The Balaban J connectivity index is 1.23. The summed E-state index contributed by atoms with van der Waals surface area (Å²) in [7, 11) is 0. The van der Waals surface area contributed by atoms with Gasteiger partial charge in [0.15, 0.2) is 6.61 Å². The number of pyridine rings is 1. The van der Waals surface area contributed by atoms with Gasteiger partial charge in [-0.2, -0.15) is 0 Å². The molecule has 6 heteroatoms. The fourth-order valence-electron chi connectivity index (χ4n) is 4.00. The first-order chi connectivity index (χ1) is 15.6. The number of hydrogen-bond donors (Lipinski definition) is 0. The first kappa shape index (κ1) is 22.0. The molecule has 6 nitrogen and oxygen atoms in total. The van der Waals surface area contributed by atoms with E-state index in [2.05, 4.69) is 34.1 Å². The lowest BCUT2D eigenvalue weighted by atomic mass is 10.1. The Kier molecular flexibility index (Phi) is 7.12. The standard InChI is InChI=1S/C26H29N3O3/c1-20(30)7-8-21-9-11-24(12-10-21)32-19-25(31)29-16-14-28(15-17-29)18-23-5-2-4-22-6-3-13-27-26(22)23/h2-6,9-13H,7-8,14-19H2,1H3. The second kappa shape index (κ2) is 10.4. The van der Waals surface area contributed by atoms with Crippen LogP contribution in [0, 0.1) is 0 Å². The number of rotatable bonds is 8. The molecule has 0 N–H and O–H groups in total. The van der Waals surface area contributed by atoms with Crippen LogP contribution in [0.25, 0.3) is 10.9 Å². The summed E-state index contributed by atoms with van der Waals surface area (Å²) in [6.45, 7) is 5.54. The van der Waals surface area contributed by atoms with E-state index >= 15 is 0 Å². The second-order valence-corrected chi connectivity index (χ2v) is 8.28. The van der Waals surface area contributed by atoms with Crippen LogP contribution in [-0.4, -0.2) is 59.3 Å². The number of benzene rings is 2. The van der Waals surface area contributed by atoms with E-state index < -0.39 is 0 Å². The van der Waals surface area contributed by atoms with Gasteiger partial charge in [-0.25, -0.2) is 0 Å². The largest absolute Gasteiger partial charge is 0.484 e. The normalized spacial score (nSPS) is 14.5. The molecule has 32 heavy (non-hydrogen) atoms. The third kappa shape index (κ3) is 5.71. The Morgan fingerprint density at radius 1 is 0.969 bits per heavy atom. The van der Waals surface area contributed by atoms with Crippen LogP contribution in [0.4, 0.5) is 0 Å². The van der Waals surface area contributed by atoms with Gasteiger partial charge in [0.25, 0.3) is 5.91 Å². The molecule has 0 aliphatic carbocycles. The van der Waals surface area contributed by atoms with Gasteiger partial charge in [-0.1, -0.05) is 36.4 Å². The van der Waals surface area contributed by atoms with Gasteiger partial charge in [0, 0.05) is 50.7 Å². The van der Waals surface area contributed by atoms with Gasteiger partial charge < -0.3 is 14.4 Å². The summed E-state index contributed by atoms with van der Waals surface area (Å²) < 4.78 is 5.69. The fourth-order valence-corrected chi connectivity index (χ4v) is 4.00. The van der Waals surface area contributed by atoms with Gasteiger partial charge in [-0.05, 0) is 42.7 Å². The summed E-state index contributed by atoms with van der Waals surface area (Å²) in [5, 5.41) is 1.16. The lowest BCUT2D eigenvalue weighted by Crippen LogP contribution is -2.49. The molecule has 1 aliphatic rings. The molecule has 1 saturated heterocycles. The maximum Gasteiger partial charge on any atom is 0.260 e. The molecule has 3 aromatic rings. The van der Waals surface area contributed by atoms with E-state index in [4.69, 9.17) is 4.74 Å². The number of hydrogen-bond acceptors (Lipinski definition) is 5. The van der Waals surface area contributed by atoms with Crippen molar-refractivity contribution in [2.75, 3.05) is 32.8 Å². The average molecular weight is 432 g/mol. The number of carbonyl (C=O) groups is 2. The zero-order valence-electron chi connectivity index (χ0n) is 18.5. The van der Waals surface area contributed by atoms with E-state index in [0.29, 0.717) is 25.3 Å². The third-order valence-corrected chi connectivity index (χ3v) is 5.89. The summed E-state index contributed by atoms with van der Waals surface area (Å²) in [6, 6.07) is 18.0. The highest BCUT2D eigenvalue weighted by atomic mass is 16.5. The van der Waals surface area contributed by atoms with E-state index in [9.17, 15) is 9.59 Å². The Morgan fingerprint density at radius 2 is 1.72 bits per heavy atom. The summed E-state index contributed by atoms with van der Waals surface area (Å²) in [4.78, 5) is 32.5. The van der Waals surface area contributed by atoms with Gasteiger partial charge in [0.1, 0.15) is 11.5 Å². The summed E-state index contributed by atoms with van der Waals surface area (Å²) in [6.07, 6.45) is 3.11. The molecule has 1 amide bonds. The molecule has 0 radical (unpaired) electrons. The monoisotopic (exact) mass is 431 g/mol. The van der Waals surface area contributed by atoms with Crippen LogP contribution in [0.3, 0.4) is 0 Å². The van der Waals surface area contributed by atoms with Crippen LogP contribution in [0.15, 0.2) is 60.8 Å². The molecule has 166 valence electrons. The fraction of sp³-hybridized carbons (Fsp3) is 0.346. The van der Waals surface area contributed by atoms with Gasteiger partial charge in [0.05, 0.1) is 5.52 Å². The van der Waals surface area contributed by atoms with E-state index in [1.165, 1.54) is 5.56 Å². The maximum atomic E-state index is 12.6.